The monoisotopic (exact) mass is 662 g/mol. The quantitative estimate of drug-likeness (QED) is 0.253. The molecule has 3 rings (SSSR count). The van der Waals surface area contributed by atoms with Crippen LogP contribution in [0, 0.1) is 12.8 Å². The van der Waals surface area contributed by atoms with E-state index in [0.29, 0.717) is 46.7 Å². The second kappa shape index (κ2) is 14.5. The number of aromatic nitrogens is 1. The van der Waals surface area contributed by atoms with E-state index < -0.39 is 25.9 Å². The molecule has 1 aliphatic rings. The average Bonchev–Trinajstić information content (AvgIpc) is 3.01. The maximum atomic E-state index is 12.9. The third kappa shape index (κ3) is 11.6. The fourth-order valence-corrected chi connectivity index (χ4v) is 4.98. The van der Waals surface area contributed by atoms with E-state index in [2.05, 4.69) is 26.3 Å². The highest BCUT2D eigenvalue weighted by atomic mass is 36.0. The molecular weight excluding hydrogens is 634 g/mol. The molecular formula is C24H30Cl4N2O7S2. The van der Waals surface area contributed by atoms with Crippen LogP contribution in [0.15, 0.2) is 18.2 Å². The summed E-state index contributed by atoms with van der Waals surface area (Å²) in [5.74, 6) is -0.616. The van der Waals surface area contributed by atoms with Gasteiger partial charge >= 0.3 is 20.3 Å². The molecule has 1 saturated heterocycles. The van der Waals surface area contributed by atoms with Gasteiger partial charge in [0.25, 0.3) is 0 Å². The third-order valence-electron chi connectivity index (χ3n) is 5.19. The Bertz CT molecular complexity index is 1260. The molecule has 2 heterocycles. The fraction of sp³-hybridized carbons (Fsp3) is 0.542. The van der Waals surface area contributed by atoms with E-state index in [1.54, 1.807) is 24.0 Å². The predicted octanol–water partition coefficient (Wildman–Crippen LogP) is 6.81. The Balaban J connectivity index is 0.000000976. The lowest BCUT2D eigenvalue weighted by molar-refractivity contribution is 0.0230. The highest BCUT2D eigenvalue weighted by Crippen LogP contribution is 2.36. The molecule has 15 heteroatoms. The largest absolute Gasteiger partial charge is 0.462 e. The highest BCUT2D eigenvalue weighted by molar-refractivity contribution is 8.31. The van der Waals surface area contributed by atoms with Crippen LogP contribution >= 0.6 is 55.9 Å². The number of hydrogen-bond donors (Lipinski definition) is 0. The molecule has 1 aromatic carbocycles. The Morgan fingerprint density at radius 2 is 1.85 bits per heavy atom. The van der Waals surface area contributed by atoms with Gasteiger partial charge in [-0.15, -0.1) is 11.3 Å². The number of halogens is 4. The van der Waals surface area contributed by atoms with E-state index in [1.165, 1.54) is 11.3 Å². The van der Waals surface area contributed by atoms with Crippen LogP contribution in [0.3, 0.4) is 0 Å². The van der Waals surface area contributed by atoms with E-state index in [1.807, 2.05) is 33.8 Å². The smallest absolute Gasteiger partial charge is 0.410 e. The topological polar surface area (TPSA) is 112 Å². The highest BCUT2D eigenvalue weighted by Gasteiger charge is 2.35. The van der Waals surface area contributed by atoms with Gasteiger partial charge in [-0.05, 0) is 58.7 Å². The van der Waals surface area contributed by atoms with Crippen molar-refractivity contribution in [2.45, 2.75) is 52.7 Å². The molecule has 1 aromatic heterocycles. The number of rotatable bonds is 5. The zero-order valence-electron chi connectivity index (χ0n) is 22.0. The van der Waals surface area contributed by atoms with Crippen molar-refractivity contribution >= 4 is 76.2 Å². The first-order chi connectivity index (χ1) is 18.0. The molecule has 2 aromatic rings. The number of nitrogens with zero attached hydrogens (tertiary/aromatic N) is 2. The SMILES string of the molecule is CCOC(=O)c1sc(C)nc1C[C@@H]1CN(C(=O)OC(C)(C)C)CCO[C@H]1c1ccc(Cl)c(Cl)c1.O=S(=O)(Cl)Cl. The molecule has 0 bridgehead atoms. The molecule has 218 valence electrons. The van der Waals surface area contributed by atoms with Gasteiger partial charge in [0.1, 0.15) is 10.5 Å². The number of thiazole rings is 1. The maximum Gasteiger partial charge on any atom is 0.410 e. The molecule has 0 unspecified atom stereocenters. The molecule has 1 fully saturated rings. The minimum absolute atomic E-state index is 0.220. The van der Waals surface area contributed by atoms with Gasteiger partial charge < -0.3 is 19.1 Å². The van der Waals surface area contributed by atoms with Crippen molar-refractivity contribution in [3.8, 4) is 0 Å². The van der Waals surface area contributed by atoms with Crippen LogP contribution < -0.4 is 0 Å². The Hall–Kier alpha value is -1.34. The predicted molar refractivity (Wildman–Crippen MR) is 154 cm³/mol. The van der Waals surface area contributed by atoms with Crippen LogP contribution in [-0.2, 0) is 28.9 Å². The number of esters is 1. The molecule has 0 N–H and O–H groups in total. The summed E-state index contributed by atoms with van der Waals surface area (Å²) in [5, 5.41) is 1.64. The zero-order chi connectivity index (χ0) is 29.5. The molecule has 39 heavy (non-hydrogen) atoms. The van der Waals surface area contributed by atoms with E-state index in [-0.39, 0.29) is 18.6 Å². The number of ether oxygens (including phenoxy) is 3. The van der Waals surface area contributed by atoms with Crippen molar-refractivity contribution in [3.05, 3.63) is 49.4 Å². The molecule has 1 amide bonds. The number of amides is 1. The van der Waals surface area contributed by atoms with Crippen molar-refractivity contribution in [1.82, 2.24) is 9.88 Å². The first-order valence-electron chi connectivity index (χ1n) is 11.8. The Morgan fingerprint density at radius 3 is 2.41 bits per heavy atom. The number of aryl methyl sites for hydroxylation is 1. The summed E-state index contributed by atoms with van der Waals surface area (Å²) in [4.78, 5) is 32.2. The first kappa shape index (κ1) is 33.9. The van der Waals surface area contributed by atoms with Gasteiger partial charge in [-0.1, -0.05) is 29.3 Å². The van der Waals surface area contributed by atoms with Crippen LogP contribution in [-0.4, -0.2) is 62.3 Å². The van der Waals surface area contributed by atoms with Crippen molar-refractivity contribution < 1.29 is 32.2 Å². The lowest BCUT2D eigenvalue weighted by Crippen LogP contribution is -2.40. The van der Waals surface area contributed by atoms with Gasteiger partial charge in [-0.2, -0.15) is 8.42 Å². The van der Waals surface area contributed by atoms with Crippen molar-refractivity contribution in [1.29, 1.82) is 0 Å². The summed E-state index contributed by atoms with van der Waals surface area (Å²) >= 11 is 13.7. The molecule has 0 aliphatic carbocycles. The summed E-state index contributed by atoms with van der Waals surface area (Å²) in [6.45, 7) is 10.5. The van der Waals surface area contributed by atoms with Gasteiger partial charge in [-0.25, -0.2) is 14.6 Å². The van der Waals surface area contributed by atoms with E-state index >= 15 is 0 Å². The van der Waals surface area contributed by atoms with Crippen LogP contribution in [0.4, 0.5) is 4.79 Å². The number of benzene rings is 1. The summed E-state index contributed by atoms with van der Waals surface area (Å²) < 4.78 is 35.4. The van der Waals surface area contributed by atoms with E-state index in [4.69, 9.17) is 45.8 Å². The van der Waals surface area contributed by atoms with Gasteiger partial charge in [0.05, 0.1) is 40.1 Å². The minimum atomic E-state index is -3.72. The van der Waals surface area contributed by atoms with Gasteiger partial charge in [0, 0.05) is 40.4 Å². The second-order valence-corrected chi connectivity index (χ2v) is 15.1. The van der Waals surface area contributed by atoms with Crippen molar-refractivity contribution in [3.63, 3.8) is 0 Å². The van der Waals surface area contributed by atoms with Gasteiger partial charge in [0.15, 0.2) is 0 Å². The maximum absolute atomic E-state index is 12.9. The zero-order valence-corrected chi connectivity index (χ0v) is 26.7. The normalized spacial score (nSPS) is 18.0. The van der Waals surface area contributed by atoms with Crippen molar-refractivity contribution in [2.75, 3.05) is 26.3 Å². The second-order valence-electron chi connectivity index (χ2n) is 9.46. The third-order valence-corrected chi connectivity index (χ3v) is 6.92. The fourth-order valence-electron chi connectivity index (χ4n) is 3.83. The molecule has 0 spiro atoms. The molecule has 0 radical (unpaired) electrons. The van der Waals surface area contributed by atoms with Crippen LogP contribution in [0.1, 0.15) is 59.7 Å². The Kier molecular flexibility index (Phi) is 12.6. The van der Waals surface area contributed by atoms with Crippen molar-refractivity contribution in [2.24, 2.45) is 5.92 Å². The van der Waals surface area contributed by atoms with E-state index in [9.17, 15) is 9.59 Å². The molecule has 9 nitrogen and oxygen atoms in total. The molecule has 0 saturated carbocycles. The summed E-state index contributed by atoms with van der Waals surface area (Å²) in [6.07, 6.45) is -0.391. The lowest BCUT2D eigenvalue weighted by atomic mass is 9.90. The van der Waals surface area contributed by atoms with Crippen LogP contribution in [0.5, 0.6) is 0 Å². The first-order valence-corrected chi connectivity index (χ1v) is 16.5. The minimum Gasteiger partial charge on any atom is -0.462 e. The summed E-state index contributed by atoms with van der Waals surface area (Å²) in [5.41, 5.74) is 0.854. The standard InChI is InChI=1S/C24H30Cl2N2O5S.Cl2O2S/c1-6-31-22(29)21-19(27-14(2)34-21)12-16-13-28(23(30)33-24(3,4)5)9-10-32-20(16)15-7-8-17(25)18(26)11-15;1-5(2,3)4/h7-8,11,16,20H,6,9-10,12-13H2,1-5H3;/t16-,20+;/m1./s1. The summed E-state index contributed by atoms with van der Waals surface area (Å²) in [6, 6.07) is 5.38. The number of carbonyl (C=O) groups excluding carboxylic acids is 2. The summed E-state index contributed by atoms with van der Waals surface area (Å²) in [7, 11) is 4.81. The van der Waals surface area contributed by atoms with Crippen LogP contribution in [0.25, 0.3) is 0 Å². The lowest BCUT2D eigenvalue weighted by Gasteiger charge is -2.29. The number of carbonyl (C=O) groups is 2. The molecule has 1 aliphatic heterocycles. The van der Waals surface area contributed by atoms with Crippen LogP contribution in [0.2, 0.25) is 10.0 Å². The van der Waals surface area contributed by atoms with Gasteiger partial charge in [0.2, 0.25) is 0 Å². The Morgan fingerprint density at radius 1 is 1.21 bits per heavy atom. The van der Waals surface area contributed by atoms with E-state index in [0.717, 1.165) is 10.6 Å². The average molecular weight is 664 g/mol. The Labute approximate surface area is 251 Å². The molecule has 2 atom stereocenters. The van der Waals surface area contributed by atoms with Gasteiger partial charge in [-0.3, -0.25) is 0 Å². The number of hydrogen-bond acceptors (Lipinski definition) is 9.